The van der Waals surface area contributed by atoms with E-state index in [1.165, 1.54) is 0 Å². The van der Waals surface area contributed by atoms with Crippen LogP contribution in [0.4, 0.5) is 0 Å². The minimum Gasteiger partial charge on any atom is -0.303 e. The molecule has 0 bridgehead atoms. The summed E-state index contributed by atoms with van der Waals surface area (Å²) in [5, 5.41) is 0. The van der Waals surface area contributed by atoms with Gasteiger partial charge in [0.15, 0.2) is 0 Å². The second-order valence-electron chi connectivity index (χ2n) is 2.29. The molecule has 0 aliphatic rings. The number of rotatable bonds is 3. The molecule has 11 heavy (non-hydrogen) atoms. The first-order chi connectivity index (χ1) is 5.27. The van der Waals surface area contributed by atoms with Crippen LogP contribution in [0.25, 0.3) is 0 Å². The van der Waals surface area contributed by atoms with Gasteiger partial charge in [0.25, 0.3) is 0 Å². The fourth-order valence-electron chi connectivity index (χ4n) is 0.892. The molecule has 0 radical (unpaired) electrons. The lowest BCUT2D eigenvalue weighted by Gasteiger charge is -2.01. The molecule has 0 spiro atoms. The summed E-state index contributed by atoms with van der Waals surface area (Å²) >= 11 is 4.99. The molecule has 0 saturated heterocycles. The molecule has 1 rings (SSSR count). The molecule has 1 atom stereocenters. The Bertz CT molecular complexity index is 244. The van der Waals surface area contributed by atoms with Crippen LogP contribution in [0.2, 0.25) is 0 Å². The Morgan fingerprint density at radius 2 is 2.45 bits per heavy atom. The van der Waals surface area contributed by atoms with Crippen LogP contribution in [0.5, 0.6) is 0 Å². The molecule has 0 N–H and O–H groups in total. The molecule has 0 aromatic carbocycles. The SMILES string of the molecule is CCC(C=O)c1ccc(Br)s1. The summed E-state index contributed by atoms with van der Waals surface area (Å²) in [6, 6.07) is 3.98. The summed E-state index contributed by atoms with van der Waals surface area (Å²) in [6.45, 7) is 2.02. The van der Waals surface area contributed by atoms with E-state index in [0.29, 0.717) is 0 Å². The highest BCUT2D eigenvalue weighted by molar-refractivity contribution is 9.11. The summed E-state index contributed by atoms with van der Waals surface area (Å²) in [7, 11) is 0. The number of hydrogen-bond donors (Lipinski definition) is 0. The average molecular weight is 233 g/mol. The van der Waals surface area contributed by atoms with Crippen molar-refractivity contribution in [3.8, 4) is 0 Å². The molecule has 1 unspecified atom stereocenters. The zero-order chi connectivity index (χ0) is 8.27. The van der Waals surface area contributed by atoms with Crippen LogP contribution >= 0.6 is 27.3 Å². The van der Waals surface area contributed by atoms with Crippen molar-refractivity contribution in [3.05, 3.63) is 20.8 Å². The van der Waals surface area contributed by atoms with Gasteiger partial charge in [-0.25, -0.2) is 0 Å². The van der Waals surface area contributed by atoms with Crippen LogP contribution in [0.1, 0.15) is 24.1 Å². The second kappa shape index (κ2) is 4.02. The van der Waals surface area contributed by atoms with Gasteiger partial charge in [-0.15, -0.1) is 11.3 Å². The molecule has 1 aromatic rings. The van der Waals surface area contributed by atoms with Crippen LogP contribution < -0.4 is 0 Å². The predicted octanol–water partition coefficient (Wildman–Crippen LogP) is 3.20. The molecular formula is C8H9BrOS. The zero-order valence-corrected chi connectivity index (χ0v) is 8.61. The predicted molar refractivity (Wildman–Crippen MR) is 51.1 cm³/mol. The van der Waals surface area contributed by atoms with E-state index < -0.39 is 0 Å². The molecule has 3 heteroatoms. The van der Waals surface area contributed by atoms with Crippen molar-refractivity contribution in [3.63, 3.8) is 0 Å². The topological polar surface area (TPSA) is 17.1 Å². The third kappa shape index (κ3) is 2.14. The van der Waals surface area contributed by atoms with Crippen molar-refractivity contribution < 1.29 is 4.79 Å². The van der Waals surface area contributed by atoms with E-state index in [2.05, 4.69) is 15.9 Å². The maximum absolute atomic E-state index is 10.5. The van der Waals surface area contributed by atoms with Gasteiger partial charge in [0, 0.05) is 10.8 Å². The Morgan fingerprint density at radius 3 is 2.82 bits per heavy atom. The Hall–Kier alpha value is -0.150. The van der Waals surface area contributed by atoms with Gasteiger partial charge in [0.1, 0.15) is 6.29 Å². The van der Waals surface area contributed by atoms with Crippen LogP contribution in [0, 0.1) is 0 Å². The third-order valence-corrected chi connectivity index (χ3v) is 3.32. The summed E-state index contributed by atoms with van der Waals surface area (Å²) in [4.78, 5) is 11.7. The van der Waals surface area contributed by atoms with Gasteiger partial charge in [-0.1, -0.05) is 6.92 Å². The van der Waals surface area contributed by atoms with E-state index in [4.69, 9.17) is 0 Å². The molecular weight excluding hydrogens is 224 g/mol. The standard InChI is InChI=1S/C8H9BrOS/c1-2-6(5-10)7-3-4-8(9)11-7/h3-6H,2H2,1H3. The van der Waals surface area contributed by atoms with E-state index in [0.717, 1.165) is 21.4 Å². The number of thiophene rings is 1. The fourth-order valence-corrected chi connectivity index (χ4v) is 2.46. The third-order valence-electron chi connectivity index (χ3n) is 1.56. The average Bonchev–Trinajstić information content (AvgIpc) is 2.39. The van der Waals surface area contributed by atoms with Gasteiger partial charge in [-0.3, -0.25) is 0 Å². The number of halogens is 1. The van der Waals surface area contributed by atoms with Gasteiger partial charge in [-0.2, -0.15) is 0 Å². The van der Waals surface area contributed by atoms with E-state index >= 15 is 0 Å². The summed E-state index contributed by atoms with van der Waals surface area (Å²) in [5.74, 6) is 0.0892. The number of hydrogen-bond acceptors (Lipinski definition) is 2. The minimum absolute atomic E-state index is 0.0892. The van der Waals surface area contributed by atoms with Gasteiger partial charge in [0.05, 0.1) is 3.79 Å². The largest absolute Gasteiger partial charge is 0.303 e. The maximum Gasteiger partial charge on any atom is 0.128 e. The molecule has 0 fully saturated rings. The van der Waals surface area contributed by atoms with Gasteiger partial charge in [-0.05, 0) is 34.5 Å². The second-order valence-corrected chi connectivity index (χ2v) is 4.79. The molecule has 1 nitrogen and oxygen atoms in total. The number of carbonyl (C=O) groups is 1. The molecule has 0 aliphatic heterocycles. The molecule has 0 aliphatic carbocycles. The van der Waals surface area contributed by atoms with Gasteiger partial charge in [0.2, 0.25) is 0 Å². The first-order valence-corrected chi connectivity index (χ1v) is 5.09. The van der Waals surface area contributed by atoms with E-state index in [1.807, 2.05) is 19.1 Å². The van der Waals surface area contributed by atoms with Crippen molar-refractivity contribution in [2.24, 2.45) is 0 Å². The van der Waals surface area contributed by atoms with Crippen LogP contribution in [0.15, 0.2) is 15.9 Å². The minimum atomic E-state index is 0.0892. The first-order valence-electron chi connectivity index (χ1n) is 3.48. The lowest BCUT2D eigenvalue weighted by atomic mass is 10.1. The lowest BCUT2D eigenvalue weighted by molar-refractivity contribution is -0.109. The smallest absolute Gasteiger partial charge is 0.128 e. The van der Waals surface area contributed by atoms with Crippen molar-refractivity contribution in [2.45, 2.75) is 19.3 Å². The first kappa shape index (κ1) is 8.94. The van der Waals surface area contributed by atoms with Crippen LogP contribution in [-0.2, 0) is 4.79 Å². The quantitative estimate of drug-likeness (QED) is 0.732. The number of aldehydes is 1. The fraction of sp³-hybridized carbons (Fsp3) is 0.375. The maximum atomic E-state index is 10.5. The van der Waals surface area contributed by atoms with Crippen LogP contribution in [0.3, 0.4) is 0 Å². The van der Waals surface area contributed by atoms with Crippen molar-refractivity contribution in [1.29, 1.82) is 0 Å². The Morgan fingerprint density at radius 1 is 1.73 bits per heavy atom. The summed E-state index contributed by atoms with van der Waals surface area (Å²) in [6.07, 6.45) is 1.90. The highest BCUT2D eigenvalue weighted by Crippen LogP contribution is 2.28. The molecule has 1 heterocycles. The van der Waals surface area contributed by atoms with Crippen LogP contribution in [-0.4, -0.2) is 6.29 Å². The lowest BCUT2D eigenvalue weighted by Crippen LogP contribution is -1.93. The molecule has 0 saturated carbocycles. The Labute approximate surface area is 78.6 Å². The van der Waals surface area contributed by atoms with E-state index in [9.17, 15) is 4.79 Å². The summed E-state index contributed by atoms with van der Waals surface area (Å²) in [5.41, 5.74) is 0. The Balaban J connectivity index is 2.81. The highest BCUT2D eigenvalue weighted by Gasteiger charge is 2.09. The van der Waals surface area contributed by atoms with Crippen molar-refractivity contribution in [2.75, 3.05) is 0 Å². The Kier molecular flexibility index (Phi) is 3.27. The number of carbonyl (C=O) groups excluding carboxylic acids is 1. The normalized spacial score (nSPS) is 12.9. The monoisotopic (exact) mass is 232 g/mol. The van der Waals surface area contributed by atoms with E-state index in [1.54, 1.807) is 11.3 Å². The molecule has 1 aromatic heterocycles. The molecule has 60 valence electrons. The van der Waals surface area contributed by atoms with Crippen molar-refractivity contribution >= 4 is 33.6 Å². The van der Waals surface area contributed by atoms with Gasteiger partial charge < -0.3 is 4.79 Å². The zero-order valence-electron chi connectivity index (χ0n) is 6.21. The molecule has 0 amide bonds. The van der Waals surface area contributed by atoms with Crippen molar-refractivity contribution in [1.82, 2.24) is 0 Å². The van der Waals surface area contributed by atoms with E-state index in [-0.39, 0.29) is 5.92 Å². The van der Waals surface area contributed by atoms with Gasteiger partial charge >= 0.3 is 0 Å². The highest BCUT2D eigenvalue weighted by atomic mass is 79.9. The summed E-state index contributed by atoms with van der Waals surface area (Å²) < 4.78 is 1.09.